The normalized spacial score (nSPS) is 16.0. The lowest BCUT2D eigenvalue weighted by molar-refractivity contribution is 0.185. The van der Waals surface area contributed by atoms with Crippen molar-refractivity contribution >= 4 is 0 Å². The summed E-state index contributed by atoms with van der Waals surface area (Å²) in [6.45, 7) is 7.71. The number of hydrogen-bond acceptors (Lipinski definition) is 4. The average Bonchev–Trinajstić information content (AvgIpc) is 2.64. The van der Waals surface area contributed by atoms with Gasteiger partial charge in [0.1, 0.15) is 11.5 Å². The standard InChI is InChI=1S/C21H28N2O2/c1-15-6-9-23(10-7-15)14-17-5-8-22-19(11-17)18-12-20(24-3)16(2)21(13-18)25-4/h5,8,11-13,15H,6-7,9-10,14H2,1-4H3. The van der Waals surface area contributed by atoms with Crippen LogP contribution in [-0.4, -0.2) is 37.2 Å². The van der Waals surface area contributed by atoms with E-state index >= 15 is 0 Å². The molecule has 0 radical (unpaired) electrons. The molecular formula is C21H28N2O2. The molecular weight excluding hydrogens is 312 g/mol. The van der Waals surface area contributed by atoms with Crippen molar-refractivity contribution in [3.8, 4) is 22.8 Å². The van der Waals surface area contributed by atoms with Gasteiger partial charge >= 0.3 is 0 Å². The number of pyridine rings is 1. The Morgan fingerprint density at radius 1 is 1.08 bits per heavy atom. The van der Waals surface area contributed by atoms with Crippen LogP contribution >= 0.6 is 0 Å². The van der Waals surface area contributed by atoms with Crippen molar-refractivity contribution in [2.45, 2.75) is 33.2 Å². The molecule has 0 amide bonds. The van der Waals surface area contributed by atoms with Gasteiger partial charge in [0.15, 0.2) is 0 Å². The number of benzene rings is 1. The van der Waals surface area contributed by atoms with Gasteiger partial charge in [0.05, 0.1) is 19.9 Å². The van der Waals surface area contributed by atoms with Crippen LogP contribution in [0.1, 0.15) is 30.9 Å². The Bertz CT molecular complexity index is 697. The van der Waals surface area contributed by atoms with E-state index in [1.54, 1.807) is 14.2 Å². The topological polar surface area (TPSA) is 34.6 Å². The molecule has 0 N–H and O–H groups in total. The summed E-state index contributed by atoms with van der Waals surface area (Å²) < 4.78 is 11.0. The molecule has 1 fully saturated rings. The van der Waals surface area contributed by atoms with E-state index in [9.17, 15) is 0 Å². The fourth-order valence-corrected chi connectivity index (χ4v) is 3.44. The van der Waals surface area contributed by atoms with Crippen molar-refractivity contribution in [3.63, 3.8) is 0 Å². The van der Waals surface area contributed by atoms with Crippen LogP contribution in [0.2, 0.25) is 0 Å². The molecule has 4 heteroatoms. The first kappa shape index (κ1) is 17.7. The van der Waals surface area contributed by atoms with Crippen LogP contribution in [0.4, 0.5) is 0 Å². The fraction of sp³-hybridized carbons (Fsp3) is 0.476. The summed E-state index contributed by atoms with van der Waals surface area (Å²) in [6, 6.07) is 8.37. The molecule has 2 heterocycles. The second kappa shape index (κ2) is 7.87. The number of hydrogen-bond donors (Lipinski definition) is 0. The molecule has 0 aliphatic carbocycles. The van der Waals surface area contributed by atoms with Crippen LogP contribution in [-0.2, 0) is 6.54 Å². The van der Waals surface area contributed by atoms with Gasteiger partial charge in [0.25, 0.3) is 0 Å². The molecule has 1 saturated heterocycles. The Hall–Kier alpha value is -2.07. The highest BCUT2D eigenvalue weighted by Gasteiger charge is 2.16. The SMILES string of the molecule is COc1cc(-c2cc(CN3CCC(C)CC3)ccn2)cc(OC)c1C. The zero-order valence-corrected chi connectivity index (χ0v) is 15.7. The van der Waals surface area contributed by atoms with Crippen LogP contribution in [0, 0.1) is 12.8 Å². The van der Waals surface area contributed by atoms with Gasteiger partial charge in [0, 0.05) is 23.9 Å². The Kier molecular flexibility index (Phi) is 5.59. The van der Waals surface area contributed by atoms with Crippen molar-refractivity contribution < 1.29 is 9.47 Å². The zero-order chi connectivity index (χ0) is 17.8. The highest BCUT2D eigenvalue weighted by Crippen LogP contribution is 2.34. The van der Waals surface area contributed by atoms with E-state index in [1.165, 1.54) is 31.5 Å². The fourth-order valence-electron chi connectivity index (χ4n) is 3.44. The first-order valence-corrected chi connectivity index (χ1v) is 9.01. The zero-order valence-electron chi connectivity index (χ0n) is 15.7. The minimum atomic E-state index is 0.826. The highest BCUT2D eigenvalue weighted by molar-refractivity contribution is 5.66. The predicted molar refractivity (Wildman–Crippen MR) is 101 cm³/mol. The average molecular weight is 340 g/mol. The summed E-state index contributed by atoms with van der Waals surface area (Å²) in [5.41, 5.74) is 4.29. The van der Waals surface area contributed by atoms with Crippen LogP contribution in [0.25, 0.3) is 11.3 Å². The number of aromatic nitrogens is 1. The Labute approximate surface area is 150 Å². The summed E-state index contributed by atoms with van der Waals surface area (Å²) >= 11 is 0. The maximum Gasteiger partial charge on any atom is 0.126 e. The molecule has 1 aromatic carbocycles. The minimum absolute atomic E-state index is 0.826. The number of likely N-dealkylation sites (tertiary alicyclic amines) is 1. The van der Waals surface area contributed by atoms with Gasteiger partial charge in [-0.3, -0.25) is 9.88 Å². The van der Waals surface area contributed by atoms with Crippen molar-refractivity contribution in [2.75, 3.05) is 27.3 Å². The largest absolute Gasteiger partial charge is 0.496 e. The summed E-state index contributed by atoms with van der Waals surface area (Å²) in [6.07, 6.45) is 4.49. The monoisotopic (exact) mass is 340 g/mol. The molecule has 0 spiro atoms. The molecule has 1 aromatic heterocycles. The number of piperidine rings is 1. The number of methoxy groups -OCH3 is 2. The lowest BCUT2D eigenvalue weighted by atomic mass is 9.98. The molecule has 1 aliphatic rings. The van der Waals surface area contributed by atoms with Gasteiger partial charge < -0.3 is 9.47 Å². The van der Waals surface area contributed by atoms with Crippen molar-refractivity contribution in [2.24, 2.45) is 5.92 Å². The van der Waals surface area contributed by atoms with Crippen LogP contribution in [0.15, 0.2) is 30.5 Å². The van der Waals surface area contributed by atoms with E-state index < -0.39 is 0 Å². The summed E-state index contributed by atoms with van der Waals surface area (Å²) in [5.74, 6) is 2.51. The lowest BCUT2D eigenvalue weighted by Crippen LogP contribution is -2.32. The minimum Gasteiger partial charge on any atom is -0.496 e. The van der Waals surface area contributed by atoms with E-state index in [0.29, 0.717) is 0 Å². The molecule has 0 atom stereocenters. The molecule has 0 bridgehead atoms. The smallest absolute Gasteiger partial charge is 0.126 e. The van der Waals surface area contributed by atoms with Gasteiger partial charge in [-0.05, 0) is 68.6 Å². The van der Waals surface area contributed by atoms with Gasteiger partial charge in [-0.15, -0.1) is 0 Å². The Balaban J connectivity index is 1.84. The first-order valence-electron chi connectivity index (χ1n) is 9.01. The number of nitrogens with zero attached hydrogens (tertiary/aromatic N) is 2. The van der Waals surface area contributed by atoms with Gasteiger partial charge in [-0.25, -0.2) is 0 Å². The lowest BCUT2D eigenvalue weighted by Gasteiger charge is -2.30. The van der Waals surface area contributed by atoms with E-state index in [2.05, 4.69) is 28.9 Å². The molecule has 0 unspecified atom stereocenters. The van der Waals surface area contributed by atoms with Gasteiger partial charge in [0.2, 0.25) is 0 Å². The van der Waals surface area contributed by atoms with E-state index in [4.69, 9.17) is 9.47 Å². The third-order valence-corrected chi connectivity index (χ3v) is 5.15. The van der Waals surface area contributed by atoms with Crippen molar-refractivity contribution in [3.05, 3.63) is 41.6 Å². The quantitative estimate of drug-likeness (QED) is 0.812. The predicted octanol–water partition coefficient (Wildman–Crippen LogP) is 4.31. The number of ether oxygens (including phenoxy) is 2. The Morgan fingerprint density at radius 2 is 1.72 bits per heavy atom. The molecule has 3 rings (SSSR count). The maximum atomic E-state index is 5.50. The second-order valence-electron chi connectivity index (χ2n) is 7.01. The van der Waals surface area contributed by atoms with Gasteiger partial charge in [-0.1, -0.05) is 6.92 Å². The van der Waals surface area contributed by atoms with Crippen LogP contribution in [0.3, 0.4) is 0 Å². The highest BCUT2D eigenvalue weighted by atomic mass is 16.5. The van der Waals surface area contributed by atoms with Crippen LogP contribution in [0.5, 0.6) is 11.5 Å². The van der Waals surface area contributed by atoms with E-state index in [-0.39, 0.29) is 0 Å². The van der Waals surface area contributed by atoms with E-state index in [0.717, 1.165) is 40.8 Å². The van der Waals surface area contributed by atoms with Crippen LogP contribution < -0.4 is 9.47 Å². The number of rotatable bonds is 5. The Morgan fingerprint density at radius 3 is 2.32 bits per heavy atom. The molecule has 2 aromatic rings. The molecule has 1 aliphatic heterocycles. The molecule has 4 nitrogen and oxygen atoms in total. The van der Waals surface area contributed by atoms with Crippen molar-refractivity contribution in [1.82, 2.24) is 9.88 Å². The van der Waals surface area contributed by atoms with Crippen molar-refractivity contribution in [1.29, 1.82) is 0 Å². The maximum absolute atomic E-state index is 5.50. The summed E-state index contributed by atoms with van der Waals surface area (Å²) in [7, 11) is 3.37. The third kappa shape index (κ3) is 4.13. The molecule has 0 saturated carbocycles. The molecule has 25 heavy (non-hydrogen) atoms. The molecule has 134 valence electrons. The first-order chi connectivity index (χ1) is 12.1. The van der Waals surface area contributed by atoms with Gasteiger partial charge in [-0.2, -0.15) is 0 Å². The van der Waals surface area contributed by atoms with E-state index in [1.807, 2.05) is 25.3 Å². The third-order valence-electron chi connectivity index (χ3n) is 5.15. The summed E-state index contributed by atoms with van der Waals surface area (Å²) in [5, 5.41) is 0. The second-order valence-corrected chi connectivity index (χ2v) is 7.01. The summed E-state index contributed by atoms with van der Waals surface area (Å²) in [4.78, 5) is 7.10.